The van der Waals surface area contributed by atoms with Gasteiger partial charge in [-0.15, -0.1) is 0 Å². The molecule has 0 spiro atoms. The minimum absolute atomic E-state index is 0.0621. The van der Waals surface area contributed by atoms with Crippen molar-refractivity contribution in [1.82, 2.24) is 4.31 Å². The molecule has 1 heterocycles. The molecule has 1 fully saturated rings. The van der Waals surface area contributed by atoms with Crippen LogP contribution >= 0.6 is 23.2 Å². The summed E-state index contributed by atoms with van der Waals surface area (Å²) in [5, 5.41) is 0.538. The summed E-state index contributed by atoms with van der Waals surface area (Å²) in [5.41, 5.74) is 1.10. The Morgan fingerprint density at radius 2 is 1.83 bits per heavy atom. The highest BCUT2D eigenvalue weighted by molar-refractivity contribution is 7.89. The molecule has 2 aromatic carbocycles. The molecule has 0 radical (unpaired) electrons. The first-order valence-corrected chi connectivity index (χ1v) is 9.70. The molecule has 0 amide bonds. The Morgan fingerprint density at radius 3 is 2.50 bits per heavy atom. The van der Waals surface area contributed by atoms with Crippen molar-refractivity contribution >= 4 is 33.2 Å². The van der Waals surface area contributed by atoms with Gasteiger partial charge >= 0.3 is 0 Å². The zero-order valence-corrected chi connectivity index (χ0v) is 15.4. The van der Waals surface area contributed by atoms with Gasteiger partial charge < -0.3 is 4.74 Å². The maximum Gasteiger partial charge on any atom is 0.244 e. The molecular weight excluding hydrogens is 369 g/mol. The maximum absolute atomic E-state index is 12.8. The number of nitrogens with zero attached hydrogens (tertiary/aromatic N) is 1. The van der Waals surface area contributed by atoms with E-state index in [1.165, 1.54) is 16.4 Å². The Kier molecular flexibility index (Phi) is 5.06. The monoisotopic (exact) mass is 385 g/mol. The van der Waals surface area contributed by atoms with Crippen LogP contribution in [-0.4, -0.2) is 32.9 Å². The molecule has 1 atom stereocenters. The lowest BCUT2D eigenvalue weighted by molar-refractivity contribution is 0.414. The van der Waals surface area contributed by atoms with Crippen molar-refractivity contribution in [3.05, 3.63) is 58.1 Å². The van der Waals surface area contributed by atoms with Crippen molar-refractivity contribution in [2.24, 2.45) is 0 Å². The highest BCUT2D eigenvalue weighted by atomic mass is 35.5. The molecule has 2 aromatic rings. The van der Waals surface area contributed by atoms with Gasteiger partial charge in [-0.05, 0) is 48.2 Å². The van der Waals surface area contributed by atoms with Gasteiger partial charge in [-0.2, -0.15) is 4.31 Å². The number of ether oxygens (including phenoxy) is 1. The molecule has 0 aromatic heterocycles. The molecule has 3 rings (SSSR count). The number of sulfonamides is 1. The molecule has 1 saturated heterocycles. The zero-order chi connectivity index (χ0) is 17.3. The molecule has 1 aliphatic rings. The largest absolute Gasteiger partial charge is 0.497 e. The maximum atomic E-state index is 12.8. The fourth-order valence-corrected chi connectivity index (χ4v) is 5.15. The van der Waals surface area contributed by atoms with E-state index < -0.39 is 10.0 Å². The first-order valence-electron chi connectivity index (χ1n) is 7.51. The van der Waals surface area contributed by atoms with Gasteiger partial charge in [0.05, 0.1) is 12.1 Å². The van der Waals surface area contributed by atoms with E-state index in [2.05, 4.69) is 0 Å². The van der Waals surface area contributed by atoms with E-state index in [9.17, 15) is 8.42 Å². The van der Waals surface area contributed by atoms with Gasteiger partial charge in [-0.25, -0.2) is 8.42 Å². The smallest absolute Gasteiger partial charge is 0.244 e. The molecule has 24 heavy (non-hydrogen) atoms. The van der Waals surface area contributed by atoms with Crippen molar-refractivity contribution in [2.45, 2.75) is 17.2 Å². The molecule has 0 bridgehead atoms. The van der Waals surface area contributed by atoms with Gasteiger partial charge in [0.2, 0.25) is 10.0 Å². The number of benzene rings is 2. The van der Waals surface area contributed by atoms with Gasteiger partial charge in [-0.3, -0.25) is 0 Å². The number of halogens is 2. The van der Waals surface area contributed by atoms with Crippen LogP contribution in [0, 0.1) is 0 Å². The van der Waals surface area contributed by atoms with Crippen LogP contribution in [0.1, 0.15) is 17.9 Å². The summed E-state index contributed by atoms with van der Waals surface area (Å²) in [4.78, 5) is 0.0621. The van der Waals surface area contributed by atoms with Gasteiger partial charge in [0.15, 0.2) is 0 Å². The lowest BCUT2D eigenvalue weighted by Gasteiger charge is -2.18. The highest BCUT2D eigenvalue weighted by Crippen LogP contribution is 2.34. The Balaban J connectivity index is 1.82. The average Bonchev–Trinajstić information content (AvgIpc) is 3.08. The summed E-state index contributed by atoms with van der Waals surface area (Å²) >= 11 is 12.0. The topological polar surface area (TPSA) is 46.6 Å². The molecule has 7 heteroatoms. The van der Waals surface area contributed by atoms with E-state index in [1.54, 1.807) is 13.2 Å². The third-order valence-electron chi connectivity index (χ3n) is 4.25. The molecular formula is C17H17Cl2NO3S. The number of methoxy groups -OCH3 is 1. The van der Waals surface area contributed by atoms with Crippen molar-refractivity contribution < 1.29 is 13.2 Å². The Hall–Kier alpha value is -1.27. The van der Waals surface area contributed by atoms with E-state index >= 15 is 0 Å². The minimum Gasteiger partial charge on any atom is -0.497 e. The van der Waals surface area contributed by atoms with E-state index in [1.807, 2.05) is 24.3 Å². The minimum atomic E-state index is -3.65. The summed E-state index contributed by atoms with van der Waals surface area (Å²) < 4.78 is 32.3. The lowest BCUT2D eigenvalue weighted by atomic mass is 9.99. The fourth-order valence-electron chi connectivity index (χ4n) is 2.91. The molecule has 0 saturated carbocycles. The first-order chi connectivity index (χ1) is 11.4. The number of hydrogen-bond donors (Lipinski definition) is 0. The van der Waals surface area contributed by atoms with Crippen molar-refractivity contribution in [3.63, 3.8) is 0 Å². The predicted molar refractivity (Wildman–Crippen MR) is 95.6 cm³/mol. The summed E-state index contributed by atoms with van der Waals surface area (Å²) in [6.45, 7) is 0.888. The van der Waals surface area contributed by atoms with E-state index in [0.717, 1.165) is 17.7 Å². The fraction of sp³-hybridized carbons (Fsp3) is 0.294. The van der Waals surface area contributed by atoms with Crippen LogP contribution < -0.4 is 4.74 Å². The molecule has 0 aliphatic carbocycles. The van der Waals surface area contributed by atoms with E-state index in [-0.39, 0.29) is 15.8 Å². The van der Waals surface area contributed by atoms with E-state index in [0.29, 0.717) is 18.1 Å². The van der Waals surface area contributed by atoms with Crippen LogP contribution in [0.5, 0.6) is 5.75 Å². The highest BCUT2D eigenvalue weighted by Gasteiger charge is 2.34. The van der Waals surface area contributed by atoms with Crippen molar-refractivity contribution in [3.8, 4) is 5.75 Å². The standard InChI is InChI=1S/C17H17Cl2NO3S/c1-23-15-5-2-12(3-6-15)13-8-9-20(11-13)24(21,22)17-10-14(18)4-7-16(17)19/h2-7,10,13H,8-9,11H2,1H3. The Labute approximate surface area is 152 Å². The van der Waals surface area contributed by atoms with Crippen molar-refractivity contribution in [2.75, 3.05) is 20.2 Å². The summed E-state index contributed by atoms with van der Waals surface area (Å²) in [6.07, 6.45) is 0.768. The van der Waals surface area contributed by atoms with Gasteiger partial charge in [-0.1, -0.05) is 35.3 Å². The first kappa shape index (κ1) is 17.5. The third kappa shape index (κ3) is 3.40. The predicted octanol–water partition coefficient (Wildman–Crippen LogP) is 4.18. The Bertz CT molecular complexity index is 837. The van der Waals surface area contributed by atoms with Crippen LogP contribution in [0.3, 0.4) is 0 Å². The van der Waals surface area contributed by atoms with E-state index in [4.69, 9.17) is 27.9 Å². The lowest BCUT2D eigenvalue weighted by Crippen LogP contribution is -2.29. The number of rotatable bonds is 4. The van der Waals surface area contributed by atoms with Gasteiger partial charge in [0.25, 0.3) is 0 Å². The summed E-state index contributed by atoms with van der Waals surface area (Å²) in [5.74, 6) is 0.940. The molecule has 1 unspecified atom stereocenters. The molecule has 1 aliphatic heterocycles. The zero-order valence-electron chi connectivity index (χ0n) is 13.1. The normalized spacial score (nSPS) is 18.7. The van der Waals surface area contributed by atoms with Crippen LogP contribution in [0.2, 0.25) is 10.0 Å². The summed E-state index contributed by atoms with van der Waals surface area (Å²) in [7, 11) is -2.03. The number of hydrogen-bond acceptors (Lipinski definition) is 3. The third-order valence-corrected chi connectivity index (χ3v) is 6.83. The molecule has 128 valence electrons. The SMILES string of the molecule is COc1ccc(C2CCN(S(=O)(=O)c3cc(Cl)ccc3Cl)C2)cc1. The second kappa shape index (κ2) is 6.92. The quantitative estimate of drug-likeness (QED) is 0.792. The van der Waals surface area contributed by atoms with Gasteiger partial charge in [0, 0.05) is 18.1 Å². The van der Waals surface area contributed by atoms with Crippen LogP contribution in [0.4, 0.5) is 0 Å². The second-order valence-electron chi connectivity index (χ2n) is 5.70. The molecule has 4 nitrogen and oxygen atoms in total. The second-order valence-corrected chi connectivity index (χ2v) is 8.45. The average molecular weight is 386 g/mol. The van der Waals surface area contributed by atoms with Crippen molar-refractivity contribution in [1.29, 1.82) is 0 Å². The Morgan fingerprint density at radius 1 is 1.12 bits per heavy atom. The van der Waals surface area contributed by atoms with Gasteiger partial charge in [0.1, 0.15) is 10.6 Å². The molecule has 0 N–H and O–H groups in total. The van der Waals surface area contributed by atoms with Crippen LogP contribution in [0.15, 0.2) is 47.4 Å². The van der Waals surface area contributed by atoms with Crippen LogP contribution in [0.25, 0.3) is 0 Å². The van der Waals surface area contributed by atoms with Crippen LogP contribution in [-0.2, 0) is 10.0 Å². The summed E-state index contributed by atoms with van der Waals surface area (Å²) in [6, 6.07) is 12.2.